The van der Waals surface area contributed by atoms with Gasteiger partial charge in [-0.2, -0.15) is 18.2 Å². The van der Waals surface area contributed by atoms with Gasteiger partial charge in [-0.15, -0.1) is 0 Å². The zero-order chi connectivity index (χ0) is 25.1. The summed E-state index contributed by atoms with van der Waals surface area (Å²) in [6, 6.07) is 11.7. The molecule has 1 saturated carbocycles. The molecule has 0 spiro atoms. The molecule has 5 N–H and O–H groups in total. The van der Waals surface area contributed by atoms with Gasteiger partial charge >= 0.3 is 6.18 Å². The molecule has 1 aliphatic carbocycles. The SMILES string of the molecule is NNc1nc(NCC2CCC(CNS(=O)(=O)c3ccccc3C(F)(F)F)CC2)nc2ccccc12. The number of nitrogens with one attached hydrogen (secondary N) is 3. The molecule has 3 aromatic rings. The van der Waals surface area contributed by atoms with Gasteiger partial charge < -0.3 is 10.7 Å². The molecule has 0 amide bonds. The number of aromatic nitrogens is 2. The van der Waals surface area contributed by atoms with Crippen LogP contribution in [0.1, 0.15) is 31.2 Å². The Labute approximate surface area is 201 Å². The van der Waals surface area contributed by atoms with Gasteiger partial charge in [0.15, 0.2) is 5.82 Å². The molecule has 0 saturated heterocycles. The number of alkyl halides is 3. The number of sulfonamides is 1. The van der Waals surface area contributed by atoms with Crippen molar-refractivity contribution in [1.82, 2.24) is 14.7 Å². The van der Waals surface area contributed by atoms with Crippen molar-refractivity contribution < 1.29 is 21.6 Å². The molecule has 35 heavy (non-hydrogen) atoms. The van der Waals surface area contributed by atoms with Crippen LogP contribution in [0.2, 0.25) is 0 Å². The van der Waals surface area contributed by atoms with Crippen LogP contribution in [0.4, 0.5) is 24.9 Å². The Morgan fingerprint density at radius 3 is 2.23 bits per heavy atom. The first kappa shape index (κ1) is 25.1. The van der Waals surface area contributed by atoms with Gasteiger partial charge in [0, 0.05) is 18.5 Å². The molecule has 0 radical (unpaired) electrons. The number of nitrogens with two attached hydrogens (primary N) is 1. The van der Waals surface area contributed by atoms with Crippen molar-refractivity contribution in [3.05, 3.63) is 54.1 Å². The minimum atomic E-state index is -4.74. The minimum absolute atomic E-state index is 0.0593. The number of nitrogens with zero attached hydrogens (tertiary/aromatic N) is 2. The van der Waals surface area contributed by atoms with Gasteiger partial charge in [0.05, 0.1) is 16.0 Å². The first-order valence-electron chi connectivity index (χ1n) is 11.3. The van der Waals surface area contributed by atoms with E-state index < -0.39 is 26.7 Å². The van der Waals surface area contributed by atoms with Gasteiger partial charge in [-0.05, 0) is 61.8 Å². The van der Waals surface area contributed by atoms with E-state index in [0.29, 0.717) is 24.2 Å². The zero-order valence-electron chi connectivity index (χ0n) is 18.8. The maximum Gasteiger partial charge on any atom is 0.417 e. The van der Waals surface area contributed by atoms with Crippen LogP contribution in [-0.2, 0) is 16.2 Å². The van der Waals surface area contributed by atoms with Crippen molar-refractivity contribution in [3.8, 4) is 0 Å². The first-order chi connectivity index (χ1) is 16.7. The summed E-state index contributed by atoms with van der Waals surface area (Å²) < 4.78 is 67.1. The monoisotopic (exact) mass is 508 g/mol. The van der Waals surface area contributed by atoms with E-state index in [2.05, 4.69) is 25.4 Å². The third kappa shape index (κ3) is 6.00. The van der Waals surface area contributed by atoms with Crippen LogP contribution in [-0.4, -0.2) is 31.5 Å². The third-order valence-corrected chi connectivity index (χ3v) is 7.78. The Morgan fingerprint density at radius 1 is 0.914 bits per heavy atom. The molecule has 188 valence electrons. The molecular weight excluding hydrogens is 481 g/mol. The van der Waals surface area contributed by atoms with Crippen molar-refractivity contribution in [2.24, 2.45) is 17.7 Å². The molecule has 0 unspecified atom stereocenters. The lowest BCUT2D eigenvalue weighted by atomic mass is 9.82. The summed E-state index contributed by atoms with van der Waals surface area (Å²) >= 11 is 0. The highest BCUT2D eigenvalue weighted by molar-refractivity contribution is 7.89. The van der Waals surface area contributed by atoms with Crippen molar-refractivity contribution in [3.63, 3.8) is 0 Å². The number of halogens is 3. The third-order valence-electron chi connectivity index (χ3n) is 6.30. The molecule has 1 aromatic heterocycles. The molecule has 4 rings (SSSR count). The number of hydrogen-bond donors (Lipinski definition) is 4. The predicted octanol–water partition coefficient (Wildman–Crippen LogP) is 4.13. The Kier molecular flexibility index (Phi) is 7.43. The highest BCUT2D eigenvalue weighted by Crippen LogP contribution is 2.34. The maximum absolute atomic E-state index is 13.2. The highest BCUT2D eigenvalue weighted by Gasteiger charge is 2.37. The van der Waals surface area contributed by atoms with Gasteiger partial charge in [-0.1, -0.05) is 24.3 Å². The Bertz CT molecular complexity index is 1280. The smallest absolute Gasteiger partial charge is 0.354 e. The van der Waals surface area contributed by atoms with Crippen LogP contribution in [0.25, 0.3) is 10.9 Å². The summed E-state index contributed by atoms with van der Waals surface area (Å²) in [5.41, 5.74) is 2.20. The minimum Gasteiger partial charge on any atom is -0.354 e. The predicted molar refractivity (Wildman–Crippen MR) is 128 cm³/mol. The van der Waals surface area contributed by atoms with Crippen molar-refractivity contribution in [2.75, 3.05) is 23.8 Å². The number of fused-ring (bicyclic) bond motifs is 1. The van der Waals surface area contributed by atoms with Crippen LogP contribution in [0.3, 0.4) is 0 Å². The van der Waals surface area contributed by atoms with Gasteiger partial charge in [0.25, 0.3) is 0 Å². The average molecular weight is 509 g/mol. The van der Waals surface area contributed by atoms with E-state index >= 15 is 0 Å². The maximum atomic E-state index is 13.2. The fraction of sp³-hybridized carbons (Fsp3) is 0.391. The molecule has 12 heteroatoms. The molecule has 8 nitrogen and oxygen atoms in total. The molecular formula is C23H27F3N6O2S. The summed E-state index contributed by atoms with van der Waals surface area (Å²) in [6.07, 6.45) is -1.50. The lowest BCUT2D eigenvalue weighted by Crippen LogP contribution is -2.33. The molecule has 1 aliphatic rings. The topological polar surface area (TPSA) is 122 Å². The number of hydrogen-bond acceptors (Lipinski definition) is 7. The second kappa shape index (κ2) is 10.3. The van der Waals surface area contributed by atoms with Crippen molar-refractivity contribution in [1.29, 1.82) is 0 Å². The summed E-state index contributed by atoms with van der Waals surface area (Å²) in [7, 11) is -4.27. The molecule has 0 aliphatic heterocycles. The van der Waals surface area contributed by atoms with Gasteiger partial charge in [-0.25, -0.2) is 24.0 Å². The van der Waals surface area contributed by atoms with Crippen molar-refractivity contribution in [2.45, 2.75) is 36.8 Å². The Morgan fingerprint density at radius 2 is 1.54 bits per heavy atom. The van der Waals surface area contributed by atoms with Gasteiger partial charge in [0.1, 0.15) is 0 Å². The number of nitrogen functional groups attached to an aromatic ring is 1. The summed E-state index contributed by atoms with van der Waals surface area (Å²) in [6.45, 7) is 0.758. The first-order valence-corrected chi connectivity index (χ1v) is 12.8. The molecule has 0 bridgehead atoms. The van der Waals surface area contributed by atoms with Crippen LogP contribution in [0.15, 0.2) is 53.4 Å². The van der Waals surface area contributed by atoms with Crippen LogP contribution in [0, 0.1) is 11.8 Å². The van der Waals surface area contributed by atoms with Gasteiger partial charge in [0.2, 0.25) is 16.0 Å². The normalized spacial score (nSPS) is 19.0. The summed E-state index contributed by atoms with van der Waals surface area (Å²) in [5, 5.41) is 4.08. The Hall–Kier alpha value is -2.96. The highest BCUT2D eigenvalue weighted by atomic mass is 32.2. The molecule has 2 aromatic carbocycles. The number of benzene rings is 2. The fourth-order valence-electron chi connectivity index (χ4n) is 4.38. The second-order valence-electron chi connectivity index (χ2n) is 8.67. The van der Waals surface area contributed by atoms with Crippen molar-refractivity contribution >= 4 is 32.7 Å². The van der Waals surface area contributed by atoms with Crippen LogP contribution >= 0.6 is 0 Å². The van der Waals surface area contributed by atoms with E-state index in [1.807, 2.05) is 24.3 Å². The number of anilines is 2. The van der Waals surface area contributed by atoms with Crippen LogP contribution in [0.5, 0.6) is 0 Å². The van der Waals surface area contributed by atoms with Crippen LogP contribution < -0.4 is 21.3 Å². The lowest BCUT2D eigenvalue weighted by molar-refractivity contribution is -0.139. The van der Waals surface area contributed by atoms with E-state index in [9.17, 15) is 21.6 Å². The van der Waals surface area contributed by atoms with E-state index in [0.717, 1.165) is 48.7 Å². The average Bonchev–Trinajstić information content (AvgIpc) is 2.86. The standard InChI is InChI=1S/C23H27F3N6O2S/c24-23(25,26)18-6-2-4-8-20(18)35(33,34)29-14-16-11-9-15(10-12-16)13-28-22-30-19-7-3-1-5-17(19)21(31-22)32-27/h1-8,15-16,29H,9-14,27H2,(H2,28,30,31,32). The fourth-order valence-corrected chi connectivity index (χ4v) is 5.72. The molecule has 1 fully saturated rings. The lowest BCUT2D eigenvalue weighted by Gasteiger charge is -2.29. The quantitative estimate of drug-likeness (QED) is 0.267. The second-order valence-corrected chi connectivity index (χ2v) is 10.4. The van der Waals surface area contributed by atoms with Gasteiger partial charge in [-0.3, -0.25) is 0 Å². The Balaban J connectivity index is 1.30. The number of hydrazine groups is 1. The zero-order valence-corrected chi connectivity index (χ0v) is 19.7. The summed E-state index contributed by atoms with van der Waals surface area (Å²) in [4.78, 5) is 8.19. The number of rotatable bonds is 8. The van der Waals surface area contributed by atoms with E-state index in [4.69, 9.17) is 5.84 Å². The van der Waals surface area contributed by atoms with E-state index in [-0.39, 0.29) is 12.5 Å². The largest absolute Gasteiger partial charge is 0.417 e. The number of para-hydroxylation sites is 1. The molecule has 0 atom stereocenters. The van der Waals surface area contributed by atoms with E-state index in [1.54, 1.807) is 0 Å². The summed E-state index contributed by atoms with van der Waals surface area (Å²) in [5.74, 6) is 6.99. The van der Waals surface area contributed by atoms with E-state index in [1.165, 1.54) is 12.1 Å². The molecule has 1 heterocycles.